The fourth-order valence-corrected chi connectivity index (χ4v) is 2.15. The van der Waals surface area contributed by atoms with Crippen molar-refractivity contribution in [1.82, 2.24) is 9.78 Å². The molecular weight excluding hydrogens is 258 g/mol. The van der Waals surface area contributed by atoms with Crippen LogP contribution in [-0.4, -0.2) is 9.78 Å². The molecular formula is C15H20ClN3. The third-order valence-corrected chi connectivity index (χ3v) is 3.65. The Kier molecular flexibility index (Phi) is 4.27. The van der Waals surface area contributed by atoms with Gasteiger partial charge in [0.2, 0.25) is 0 Å². The molecule has 3 nitrogen and oxygen atoms in total. The minimum Gasteiger partial charge on any atom is -0.324 e. The number of aromatic nitrogens is 2. The third-order valence-electron chi connectivity index (χ3n) is 3.25. The molecule has 0 aliphatic heterocycles. The van der Waals surface area contributed by atoms with Crippen LogP contribution in [-0.2, 0) is 6.42 Å². The average Bonchev–Trinajstić information content (AvgIpc) is 2.81. The van der Waals surface area contributed by atoms with Gasteiger partial charge >= 0.3 is 0 Å². The first-order valence-electron chi connectivity index (χ1n) is 6.53. The zero-order valence-electron chi connectivity index (χ0n) is 11.6. The molecule has 2 rings (SSSR count). The fraction of sp³-hybridized carbons (Fsp3) is 0.400. The molecule has 0 saturated heterocycles. The molecule has 1 heterocycles. The quantitative estimate of drug-likeness (QED) is 0.927. The van der Waals surface area contributed by atoms with Crippen LogP contribution in [0.5, 0.6) is 0 Å². The normalized spacial score (nSPS) is 12.9. The highest BCUT2D eigenvalue weighted by atomic mass is 35.5. The Labute approximate surface area is 119 Å². The number of nitrogens with zero attached hydrogens (tertiary/aromatic N) is 2. The SMILES string of the molecule is Cc1ccc(C(N)Cc2ccn(C(C)C)n2)cc1Cl. The first-order chi connectivity index (χ1) is 8.97. The van der Waals surface area contributed by atoms with Gasteiger partial charge in [0.05, 0.1) is 5.69 Å². The Balaban J connectivity index is 2.11. The molecule has 4 heteroatoms. The maximum absolute atomic E-state index is 6.22. The summed E-state index contributed by atoms with van der Waals surface area (Å²) in [7, 11) is 0. The maximum atomic E-state index is 6.22. The molecule has 0 bridgehead atoms. The zero-order chi connectivity index (χ0) is 14.0. The van der Waals surface area contributed by atoms with Crippen molar-refractivity contribution >= 4 is 11.6 Å². The van der Waals surface area contributed by atoms with Crippen molar-refractivity contribution in [2.75, 3.05) is 0 Å². The molecule has 0 saturated carbocycles. The minimum atomic E-state index is -0.0754. The molecule has 1 aromatic heterocycles. The molecule has 0 aliphatic carbocycles. The lowest BCUT2D eigenvalue weighted by atomic mass is 10.0. The number of hydrogen-bond acceptors (Lipinski definition) is 2. The van der Waals surface area contributed by atoms with E-state index >= 15 is 0 Å². The summed E-state index contributed by atoms with van der Waals surface area (Å²) in [6, 6.07) is 8.30. The van der Waals surface area contributed by atoms with Crippen molar-refractivity contribution < 1.29 is 0 Å². The molecule has 0 amide bonds. The minimum absolute atomic E-state index is 0.0754. The average molecular weight is 278 g/mol. The second-order valence-electron chi connectivity index (χ2n) is 5.20. The summed E-state index contributed by atoms with van der Waals surface area (Å²) in [5, 5.41) is 5.28. The molecule has 102 valence electrons. The van der Waals surface area contributed by atoms with E-state index in [2.05, 4.69) is 18.9 Å². The first-order valence-corrected chi connectivity index (χ1v) is 6.91. The molecule has 0 radical (unpaired) electrons. The van der Waals surface area contributed by atoms with Gasteiger partial charge in [0.1, 0.15) is 0 Å². The van der Waals surface area contributed by atoms with E-state index in [1.54, 1.807) is 0 Å². The van der Waals surface area contributed by atoms with Crippen LogP contribution >= 0.6 is 11.6 Å². The summed E-state index contributed by atoms with van der Waals surface area (Å²) in [6.45, 7) is 6.20. The van der Waals surface area contributed by atoms with Crippen LogP contribution < -0.4 is 5.73 Å². The standard InChI is InChI=1S/C15H20ClN3/c1-10(2)19-7-6-13(18-19)9-15(17)12-5-4-11(3)14(16)8-12/h4-8,10,15H,9,17H2,1-3H3. The molecule has 19 heavy (non-hydrogen) atoms. The van der Waals surface area contributed by atoms with Crippen LogP contribution in [0.3, 0.4) is 0 Å². The second-order valence-corrected chi connectivity index (χ2v) is 5.61. The Morgan fingerprint density at radius 1 is 1.32 bits per heavy atom. The Morgan fingerprint density at radius 3 is 2.63 bits per heavy atom. The van der Waals surface area contributed by atoms with Crippen LogP contribution in [0.4, 0.5) is 0 Å². The molecule has 0 spiro atoms. The number of nitrogens with two attached hydrogens (primary N) is 1. The topological polar surface area (TPSA) is 43.8 Å². The van der Waals surface area contributed by atoms with Gasteiger partial charge in [-0.05, 0) is 44.0 Å². The van der Waals surface area contributed by atoms with E-state index in [-0.39, 0.29) is 6.04 Å². The van der Waals surface area contributed by atoms with Crippen LogP contribution in [0.2, 0.25) is 5.02 Å². The predicted molar refractivity (Wildman–Crippen MR) is 79.4 cm³/mol. The van der Waals surface area contributed by atoms with E-state index in [1.807, 2.05) is 42.1 Å². The molecule has 1 aromatic carbocycles. The maximum Gasteiger partial charge on any atom is 0.0643 e. The van der Waals surface area contributed by atoms with Gasteiger partial charge in [0, 0.05) is 29.7 Å². The van der Waals surface area contributed by atoms with Crippen molar-refractivity contribution in [3.8, 4) is 0 Å². The highest BCUT2D eigenvalue weighted by Crippen LogP contribution is 2.22. The number of rotatable bonds is 4. The van der Waals surface area contributed by atoms with Gasteiger partial charge in [-0.1, -0.05) is 23.7 Å². The molecule has 1 unspecified atom stereocenters. The van der Waals surface area contributed by atoms with Crippen molar-refractivity contribution in [2.45, 2.75) is 39.3 Å². The predicted octanol–water partition coefficient (Wildman–Crippen LogP) is 3.67. The smallest absolute Gasteiger partial charge is 0.0643 e. The van der Waals surface area contributed by atoms with Crippen molar-refractivity contribution in [1.29, 1.82) is 0 Å². The molecule has 2 N–H and O–H groups in total. The van der Waals surface area contributed by atoms with E-state index < -0.39 is 0 Å². The lowest BCUT2D eigenvalue weighted by molar-refractivity contribution is 0.522. The summed E-state index contributed by atoms with van der Waals surface area (Å²) in [6.07, 6.45) is 2.72. The Bertz CT molecular complexity index is 560. The Hall–Kier alpha value is -1.32. The first kappa shape index (κ1) is 14.1. The van der Waals surface area contributed by atoms with Gasteiger partial charge in [0.25, 0.3) is 0 Å². The summed E-state index contributed by atoms with van der Waals surface area (Å²) in [5.41, 5.74) is 9.36. The van der Waals surface area contributed by atoms with E-state index in [1.165, 1.54) is 0 Å². The van der Waals surface area contributed by atoms with Gasteiger partial charge in [-0.2, -0.15) is 5.10 Å². The number of halogens is 1. The molecule has 0 fully saturated rings. The Morgan fingerprint density at radius 2 is 2.05 bits per heavy atom. The van der Waals surface area contributed by atoms with Crippen LogP contribution in [0, 0.1) is 6.92 Å². The molecule has 1 atom stereocenters. The number of hydrogen-bond donors (Lipinski definition) is 1. The monoisotopic (exact) mass is 277 g/mol. The van der Waals surface area contributed by atoms with Crippen LogP contribution in [0.1, 0.15) is 42.8 Å². The van der Waals surface area contributed by atoms with Crippen molar-refractivity contribution in [3.63, 3.8) is 0 Å². The lowest BCUT2D eigenvalue weighted by Crippen LogP contribution is -2.14. The van der Waals surface area contributed by atoms with Gasteiger partial charge < -0.3 is 5.73 Å². The van der Waals surface area contributed by atoms with Crippen LogP contribution in [0.25, 0.3) is 0 Å². The van der Waals surface area contributed by atoms with E-state index in [4.69, 9.17) is 17.3 Å². The second kappa shape index (κ2) is 5.76. The van der Waals surface area contributed by atoms with E-state index in [0.29, 0.717) is 6.04 Å². The van der Waals surface area contributed by atoms with Crippen LogP contribution in [0.15, 0.2) is 30.5 Å². The van der Waals surface area contributed by atoms with Gasteiger partial charge in [-0.15, -0.1) is 0 Å². The largest absolute Gasteiger partial charge is 0.324 e. The van der Waals surface area contributed by atoms with Crippen molar-refractivity contribution in [2.24, 2.45) is 5.73 Å². The van der Waals surface area contributed by atoms with E-state index in [0.717, 1.165) is 28.3 Å². The fourth-order valence-electron chi connectivity index (χ4n) is 1.96. The summed E-state index contributed by atoms with van der Waals surface area (Å²) < 4.78 is 1.95. The van der Waals surface area contributed by atoms with Crippen molar-refractivity contribution in [3.05, 3.63) is 52.3 Å². The summed E-state index contributed by atoms with van der Waals surface area (Å²) in [4.78, 5) is 0. The highest BCUT2D eigenvalue weighted by Gasteiger charge is 2.11. The van der Waals surface area contributed by atoms with Gasteiger partial charge in [-0.3, -0.25) is 4.68 Å². The number of aryl methyl sites for hydroxylation is 1. The zero-order valence-corrected chi connectivity index (χ0v) is 12.4. The summed E-state index contributed by atoms with van der Waals surface area (Å²) >= 11 is 6.13. The molecule has 2 aromatic rings. The van der Waals surface area contributed by atoms with Gasteiger partial charge in [-0.25, -0.2) is 0 Å². The lowest BCUT2D eigenvalue weighted by Gasteiger charge is -2.12. The number of benzene rings is 1. The highest BCUT2D eigenvalue weighted by molar-refractivity contribution is 6.31. The summed E-state index contributed by atoms with van der Waals surface area (Å²) in [5.74, 6) is 0. The van der Waals surface area contributed by atoms with E-state index in [9.17, 15) is 0 Å². The molecule has 0 aliphatic rings. The third kappa shape index (κ3) is 3.37. The van der Waals surface area contributed by atoms with Gasteiger partial charge in [0.15, 0.2) is 0 Å².